The summed E-state index contributed by atoms with van der Waals surface area (Å²) >= 11 is 0. The van der Waals surface area contributed by atoms with E-state index in [1.165, 1.54) is 37.9 Å². The van der Waals surface area contributed by atoms with Crippen LogP contribution in [0.4, 0.5) is 0 Å². The second kappa shape index (κ2) is 7.47. The molecular formula is C18H25N5. The van der Waals surface area contributed by atoms with Crippen LogP contribution in [0.2, 0.25) is 0 Å². The van der Waals surface area contributed by atoms with Gasteiger partial charge in [0, 0.05) is 32.7 Å². The zero-order valence-electron chi connectivity index (χ0n) is 13.8. The molecule has 1 unspecified atom stereocenters. The van der Waals surface area contributed by atoms with Crippen molar-refractivity contribution >= 4 is 5.96 Å². The number of aliphatic imine (C=N–C) groups is 1. The van der Waals surface area contributed by atoms with E-state index in [4.69, 9.17) is 5.26 Å². The number of nitriles is 1. The predicted octanol–water partition coefficient (Wildman–Crippen LogP) is 1.80. The molecule has 0 spiro atoms. The van der Waals surface area contributed by atoms with E-state index in [1.807, 2.05) is 31.3 Å². The first-order valence-electron chi connectivity index (χ1n) is 8.49. The van der Waals surface area contributed by atoms with Crippen LogP contribution in [0.1, 0.15) is 30.4 Å². The van der Waals surface area contributed by atoms with E-state index in [9.17, 15) is 0 Å². The number of likely N-dealkylation sites (tertiary alicyclic amines) is 2. The first-order chi connectivity index (χ1) is 11.3. The van der Waals surface area contributed by atoms with Gasteiger partial charge >= 0.3 is 0 Å². The number of guanidine groups is 1. The molecule has 2 aliphatic rings. The van der Waals surface area contributed by atoms with Gasteiger partial charge in [0.2, 0.25) is 0 Å². The minimum Gasteiger partial charge on any atom is -0.352 e. The number of benzene rings is 1. The van der Waals surface area contributed by atoms with Gasteiger partial charge in [-0.1, -0.05) is 12.1 Å². The van der Waals surface area contributed by atoms with E-state index in [-0.39, 0.29) is 0 Å². The molecule has 0 aromatic heterocycles. The third kappa shape index (κ3) is 3.83. The van der Waals surface area contributed by atoms with E-state index >= 15 is 0 Å². The molecule has 0 radical (unpaired) electrons. The maximum Gasteiger partial charge on any atom is 0.193 e. The molecule has 2 heterocycles. The van der Waals surface area contributed by atoms with Gasteiger partial charge in [-0.25, -0.2) is 0 Å². The Hall–Kier alpha value is -2.06. The molecule has 5 heteroatoms. The number of rotatable bonds is 3. The summed E-state index contributed by atoms with van der Waals surface area (Å²) in [5.41, 5.74) is 1.87. The monoisotopic (exact) mass is 311 g/mol. The minimum absolute atomic E-state index is 0.686. The molecule has 1 N–H and O–H groups in total. The third-order valence-corrected chi connectivity index (χ3v) is 4.87. The Balaban J connectivity index is 1.52. The number of nitrogens with one attached hydrogen (secondary N) is 1. The summed E-state index contributed by atoms with van der Waals surface area (Å²) in [6, 6.07) is 10.5. The fourth-order valence-corrected chi connectivity index (χ4v) is 3.55. The summed E-state index contributed by atoms with van der Waals surface area (Å²) in [5, 5.41) is 12.3. The number of hydrogen-bond acceptors (Lipinski definition) is 3. The number of nitrogens with zero attached hydrogens (tertiary/aromatic N) is 4. The van der Waals surface area contributed by atoms with E-state index in [0.29, 0.717) is 11.6 Å². The standard InChI is InChI=1S/C18H25N5/c1-20-18(21-13-16-6-4-15(12-19)5-7-16)23-11-8-17(14-23)22-9-2-3-10-22/h4-7,17H,2-3,8-11,13-14H2,1H3,(H,20,21). The molecule has 0 amide bonds. The zero-order valence-corrected chi connectivity index (χ0v) is 13.8. The fraction of sp³-hybridized carbons (Fsp3) is 0.556. The van der Waals surface area contributed by atoms with Crippen molar-refractivity contribution in [3.05, 3.63) is 35.4 Å². The lowest BCUT2D eigenvalue weighted by Gasteiger charge is -2.25. The smallest absolute Gasteiger partial charge is 0.193 e. The Kier molecular flexibility index (Phi) is 5.14. The lowest BCUT2D eigenvalue weighted by molar-refractivity contribution is 0.249. The Morgan fingerprint density at radius 3 is 2.65 bits per heavy atom. The van der Waals surface area contributed by atoms with Crippen molar-refractivity contribution in [1.82, 2.24) is 15.1 Å². The Morgan fingerprint density at radius 1 is 1.26 bits per heavy atom. The lowest BCUT2D eigenvalue weighted by Crippen LogP contribution is -2.42. The third-order valence-electron chi connectivity index (χ3n) is 4.87. The van der Waals surface area contributed by atoms with Crippen molar-refractivity contribution in [3.8, 4) is 6.07 Å². The molecule has 122 valence electrons. The van der Waals surface area contributed by atoms with Gasteiger partial charge in [0.25, 0.3) is 0 Å². The number of hydrogen-bond donors (Lipinski definition) is 1. The first-order valence-corrected chi connectivity index (χ1v) is 8.49. The van der Waals surface area contributed by atoms with E-state index in [0.717, 1.165) is 25.6 Å². The fourth-order valence-electron chi connectivity index (χ4n) is 3.55. The van der Waals surface area contributed by atoms with Crippen LogP contribution in [-0.4, -0.2) is 55.0 Å². The normalized spacial score (nSPS) is 22.3. The van der Waals surface area contributed by atoms with Crippen LogP contribution in [0.5, 0.6) is 0 Å². The first kappa shape index (κ1) is 15.8. The van der Waals surface area contributed by atoms with Crippen molar-refractivity contribution in [1.29, 1.82) is 5.26 Å². The maximum absolute atomic E-state index is 8.85. The van der Waals surface area contributed by atoms with Crippen molar-refractivity contribution in [3.63, 3.8) is 0 Å². The van der Waals surface area contributed by atoms with E-state index in [2.05, 4.69) is 26.2 Å². The summed E-state index contributed by atoms with van der Waals surface area (Å²) in [5.74, 6) is 0.982. The average Bonchev–Trinajstić information content (AvgIpc) is 3.27. The van der Waals surface area contributed by atoms with Crippen molar-refractivity contribution < 1.29 is 0 Å². The average molecular weight is 311 g/mol. The molecule has 1 atom stereocenters. The van der Waals surface area contributed by atoms with Crippen LogP contribution in [0, 0.1) is 11.3 Å². The van der Waals surface area contributed by atoms with Gasteiger partial charge in [-0.2, -0.15) is 5.26 Å². The van der Waals surface area contributed by atoms with Crippen molar-refractivity contribution in [2.75, 3.05) is 33.2 Å². The second-order valence-electron chi connectivity index (χ2n) is 6.34. The topological polar surface area (TPSA) is 54.7 Å². The Bertz CT molecular complexity index is 580. The molecular weight excluding hydrogens is 286 g/mol. The van der Waals surface area contributed by atoms with E-state index < -0.39 is 0 Å². The highest BCUT2D eigenvalue weighted by molar-refractivity contribution is 5.80. The summed E-state index contributed by atoms with van der Waals surface area (Å²) in [6.45, 7) is 5.41. The summed E-state index contributed by atoms with van der Waals surface area (Å²) in [4.78, 5) is 9.44. The van der Waals surface area contributed by atoms with Crippen LogP contribution in [0.3, 0.4) is 0 Å². The molecule has 0 saturated carbocycles. The van der Waals surface area contributed by atoms with Crippen LogP contribution in [0.15, 0.2) is 29.3 Å². The molecule has 0 aliphatic carbocycles. The molecule has 1 aromatic rings. The maximum atomic E-state index is 8.85. The highest BCUT2D eigenvalue weighted by Gasteiger charge is 2.30. The van der Waals surface area contributed by atoms with Crippen molar-refractivity contribution in [2.24, 2.45) is 4.99 Å². The molecule has 0 bridgehead atoms. The summed E-state index contributed by atoms with van der Waals surface area (Å²) in [7, 11) is 1.85. The molecule has 2 saturated heterocycles. The molecule has 23 heavy (non-hydrogen) atoms. The summed E-state index contributed by atoms with van der Waals surface area (Å²) in [6.07, 6.45) is 3.93. The SMILES string of the molecule is CN=C(NCc1ccc(C#N)cc1)N1CCC(N2CCCC2)C1. The van der Waals surface area contributed by atoms with Crippen LogP contribution in [0.25, 0.3) is 0 Å². The van der Waals surface area contributed by atoms with Gasteiger partial charge in [0.15, 0.2) is 5.96 Å². The van der Waals surface area contributed by atoms with Crippen LogP contribution >= 0.6 is 0 Å². The zero-order chi connectivity index (χ0) is 16.1. The quantitative estimate of drug-likeness (QED) is 0.683. The van der Waals surface area contributed by atoms with Crippen molar-refractivity contribution in [2.45, 2.75) is 31.8 Å². The molecule has 1 aromatic carbocycles. The highest BCUT2D eigenvalue weighted by Crippen LogP contribution is 2.20. The Labute approximate surface area is 138 Å². The Morgan fingerprint density at radius 2 is 2.00 bits per heavy atom. The van der Waals surface area contributed by atoms with Gasteiger partial charge < -0.3 is 10.2 Å². The highest BCUT2D eigenvalue weighted by atomic mass is 15.3. The second-order valence-corrected chi connectivity index (χ2v) is 6.34. The van der Waals surface area contributed by atoms with Gasteiger partial charge in [0.05, 0.1) is 11.6 Å². The van der Waals surface area contributed by atoms with E-state index in [1.54, 1.807) is 0 Å². The van der Waals surface area contributed by atoms with Gasteiger partial charge in [-0.3, -0.25) is 9.89 Å². The lowest BCUT2D eigenvalue weighted by atomic mass is 10.1. The molecule has 2 fully saturated rings. The molecule has 2 aliphatic heterocycles. The summed E-state index contributed by atoms with van der Waals surface area (Å²) < 4.78 is 0. The van der Waals surface area contributed by atoms with Gasteiger partial charge in [-0.15, -0.1) is 0 Å². The molecule has 3 rings (SSSR count). The molecule has 5 nitrogen and oxygen atoms in total. The van der Waals surface area contributed by atoms with Gasteiger partial charge in [0.1, 0.15) is 0 Å². The van der Waals surface area contributed by atoms with Gasteiger partial charge in [-0.05, 0) is 50.0 Å². The predicted molar refractivity (Wildman–Crippen MR) is 92.1 cm³/mol. The van der Waals surface area contributed by atoms with Crippen LogP contribution in [-0.2, 0) is 6.54 Å². The van der Waals surface area contributed by atoms with Crippen LogP contribution < -0.4 is 5.32 Å². The largest absolute Gasteiger partial charge is 0.352 e. The minimum atomic E-state index is 0.686.